The lowest BCUT2D eigenvalue weighted by Gasteiger charge is -2.36. The first kappa shape index (κ1) is 12.6. The van der Waals surface area contributed by atoms with Crippen molar-refractivity contribution in [1.82, 2.24) is 9.97 Å². The van der Waals surface area contributed by atoms with Gasteiger partial charge in [-0.25, -0.2) is 9.97 Å². The van der Waals surface area contributed by atoms with Crippen LogP contribution in [0.1, 0.15) is 30.7 Å². The highest BCUT2D eigenvalue weighted by Crippen LogP contribution is 2.28. The summed E-state index contributed by atoms with van der Waals surface area (Å²) in [5.74, 6) is 1.55. The Morgan fingerprint density at radius 1 is 1.35 bits per heavy atom. The number of hydrogen-bond acceptors (Lipinski definition) is 4. The topological polar surface area (TPSA) is 49.2 Å². The molecule has 0 bridgehead atoms. The Morgan fingerprint density at radius 3 is 2.82 bits per heavy atom. The largest absolute Gasteiger partial charge is 0.394 e. The van der Waals surface area contributed by atoms with E-state index in [1.165, 1.54) is 6.42 Å². The number of aryl methyl sites for hydroxylation is 1. The Kier molecular flexibility index (Phi) is 3.84. The maximum atomic E-state index is 9.43. The van der Waals surface area contributed by atoms with Crippen LogP contribution in [-0.2, 0) is 0 Å². The van der Waals surface area contributed by atoms with E-state index in [4.69, 9.17) is 11.6 Å². The maximum Gasteiger partial charge on any atom is 0.137 e. The standard InChI is InChI=1S/C12H18ClN3O/c1-8-11(13)14-9(2)15-12(8)16-6-4-3-5-10(16)7-17/h10,17H,3-7H2,1-2H3. The second-order valence-electron chi connectivity index (χ2n) is 4.54. The third-order valence-electron chi connectivity index (χ3n) is 3.28. The van der Waals surface area contributed by atoms with Gasteiger partial charge in [0.2, 0.25) is 0 Å². The Morgan fingerprint density at radius 2 is 2.12 bits per heavy atom. The van der Waals surface area contributed by atoms with Gasteiger partial charge in [-0.05, 0) is 33.1 Å². The monoisotopic (exact) mass is 255 g/mol. The van der Waals surface area contributed by atoms with Gasteiger partial charge in [0.05, 0.1) is 12.6 Å². The molecule has 1 aliphatic rings. The number of anilines is 1. The van der Waals surface area contributed by atoms with Crippen molar-refractivity contribution in [3.8, 4) is 0 Å². The number of piperidine rings is 1. The minimum Gasteiger partial charge on any atom is -0.394 e. The highest BCUT2D eigenvalue weighted by atomic mass is 35.5. The van der Waals surface area contributed by atoms with Crippen LogP contribution < -0.4 is 4.90 Å². The van der Waals surface area contributed by atoms with Crippen LogP contribution in [0.15, 0.2) is 0 Å². The second-order valence-corrected chi connectivity index (χ2v) is 4.89. The van der Waals surface area contributed by atoms with Gasteiger partial charge >= 0.3 is 0 Å². The lowest BCUT2D eigenvalue weighted by atomic mass is 10.0. The molecule has 2 rings (SSSR count). The quantitative estimate of drug-likeness (QED) is 0.823. The van der Waals surface area contributed by atoms with Crippen LogP contribution >= 0.6 is 11.6 Å². The second kappa shape index (κ2) is 5.19. The molecule has 2 heterocycles. The molecule has 94 valence electrons. The highest BCUT2D eigenvalue weighted by molar-refractivity contribution is 6.30. The molecule has 1 fully saturated rings. The van der Waals surface area contributed by atoms with E-state index in [0.717, 1.165) is 30.8 Å². The summed E-state index contributed by atoms with van der Waals surface area (Å²) in [7, 11) is 0. The average molecular weight is 256 g/mol. The molecular weight excluding hydrogens is 238 g/mol. The zero-order valence-corrected chi connectivity index (χ0v) is 11.0. The summed E-state index contributed by atoms with van der Waals surface area (Å²) in [4.78, 5) is 10.8. The summed E-state index contributed by atoms with van der Waals surface area (Å²) >= 11 is 6.09. The third-order valence-corrected chi connectivity index (χ3v) is 3.65. The van der Waals surface area contributed by atoms with E-state index in [-0.39, 0.29) is 12.6 Å². The van der Waals surface area contributed by atoms with Gasteiger partial charge in [-0.1, -0.05) is 11.6 Å². The summed E-state index contributed by atoms with van der Waals surface area (Å²) in [6, 6.07) is 0.160. The fourth-order valence-electron chi connectivity index (χ4n) is 2.33. The molecule has 0 aliphatic carbocycles. The third kappa shape index (κ3) is 2.53. The van der Waals surface area contributed by atoms with Gasteiger partial charge in [0.15, 0.2) is 0 Å². The predicted octanol–water partition coefficient (Wildman–Crippen LogP) is 2.10. The SMILES string of the molecule is Cc1nc(Cl)c(C)c(N2CCCCC2CO)n1. The van der Waals surface area contributed by atoms with Crippen LogP contribution in [0.25, 0.3) is 0 Å². The zero-order chi connectivity index (χ0) is 12.4. The van der Waals surface area contributed by atoms with Gasteiger partial charge in [-0.2, -0.15) is 0 Å². The Bertz CT molecular complexity index is 411. The fourth-order valence-corrected chi connectivity index (χ4v) is 2.54. The van der Waals surface area contributed by atoms with Crippen molar-refractivity contribution in [3.63, 3.8) is 0 Å². The molecule has 1 unspecified atom stereocenters. The van der Waals surface area contributed by atoms with E-state index >= 15 is 0 Å². The number of halogens is 1. The predicted molar refractivity (Wildman–Crippen MR) is 68.6 cm³/mol. The molecule has 1 aromatic heterocycles. The van der Waals surface area contributed by atoms with E-state index < -0.39 is 0 Å². The van der Waals surface area contributed by atoms with Gasteiger partial charge in [0.1, 0.15) is 16.8 Å². The van der Waals surface area contributed by atoms with Crippen molar-refractivity contribution in [1.29, 1.82) is 0 Å². The highest BCUT2D eigenvalue weighted by Gasteiger charge is 2.25. The van der Waals surface area contributed by atoms with Gasteiger partial charge < -0.3 is 10.0 Å². The summed E-state index contributed by atoms with van der Waals surface area (Å²) in [5.41, 5.74) is 0.901. The molecule has 4 nitrogen and oxygen atoms in total. The lowest BCUT2D eigenvalue weighted by molar-refractivity contribution is 0.239. The lowest BCUT2D eigenvalue weighted by Crippen LogP contribution is -2.43. The van der Waals surface area contributed by atoms with E-state index in [1.807, 2.05) is 13.8 Å². The Balaban J connectivity index is 2.37. The van der Waals surface area contributed by atoms with Gasteiger partial charge in [0.25, 0.3) is 0 Å². The van der Waals surface area contributed by atoms with E-state index in [9.17, 15) is 5.11 Å². The molecular formula is C12H18ClN3O. The number of aromatic nitrogens is 2. The minimum absolute atomic E-state index is 0.160. The molecule has 0 saturated carbocycles. The van der Waals surface area contributed by atoms with Crippen LogP contribution in [0.4, 0.5) is 5.82 Å². The zero-order valence-electron chi connectivity index (χ0n) is 10.3. The first-order chi connectivity index (χ1) is 8.13. The molecule has 0 aromatic carbocycles. The molecule has 0 spiro atoms. The smallest absolute Gasteiger partial charge is 0.137 e. The summed E-state index contributed by atoms with van der Waals surface area (Å²) in [6.07, 6.45) is 3.31. The van der Waals surface area contributed by atoms with Gasteiger partial charge in [-0.3, -0.25) is 0 Å². The van der Waals surface area contributed by atoms with Crippen LogP contribution in [0.3, 0.4) is 0 Å². The summed E-state index contributed by atoms with van der Waals surface area (Å²) < 4.78 is 0. The van der Waals surface area contributed by atoms with Crippen molar-refractivity contribution in [2.24, 2.45) is 0 Å². The molecule has 17 heavy (non-hydrogen) atoms. The van der Waals surface area contributed by atoms with E-state index in [2.05, 4.69) is 14.9 Å². The molecule has 1 saturated heterocycles. The molecule has 1 aromatic rings. The fraction of sp³-hybridized carbons (Fsp3) is 0.667. The van der Waals surface area contributed by atoms with Crippen molar-refractivity contribution in [2.45, 2.75) is 39.2 Å². The van der Waals surface area contributed by atoms with Crippen molar-refractivity contribution >= 4 is 17.4 Å². The van der Waals surface area contributed by atoms with Crippen LogP contribution in [0.2, 0.25) is 5.15 Å². The van der Waals surface area contributed by atoms with Crippen LogP contribution in [0.5, 0.6) is 0 Å². The van der Waals surface area contributed by atoms with Crippen LogP contribution in [0, 0.1) is 13.8 Å². The first-order valence-corrected chi connectivity index (χ1v) is 6.39. The van der Waals surface area contributed by atoms with E-state index in [1.54, 1.807) is 0 Å². The molecule has 5 heteroatoms. The number of hydrogen-bond donors (Lipinski definition) is 1. The van der Waals surface area contributed by atoms with Crippen molar-refractivity contribution < 1.29 is 5.11 Å². The minimum atomic E-state index is 0.160. The van der Waals surface area contributed by atoms with Crippen molar-refractivity contribution in [3.05, 3.63) is 16.5 Å². The molecule has 0 radical (unpaired) electrons. The normalized spacial score (nSPS) is 20.7. The van der Waals surface area contributed by atoms with Gasteiger partial charge in [0, 0.05) is 12.1 Å². The number of nitrogens with zero attached hydrogens (tertiary/aromatic N) is 3. The average Bonchev–Trinajstić information content (AvgIpc) is 2.33. The number of rotatable bonds is 2. The molecule has 1 N–H and O–H groups in total. The van der Waals surface area contributed by atoms with Gasteiger partial charge in [-0.15, -0.1) is 0 Å². The first-order valence-electron chi connectivity index (χ1n) is 6.01. The number of aliphatic hydroxyl groups is 1. The number of aliphatic hydroxyl groups excluding tert-OH is 1. The van der Waals surface area contributed by atoms with Crippen molar-refractivity contribution in [2.75, 3.05) is 18.1 Å². The van der Waals surface area contributed by atoms with Crippen LogP contribution in [-0.4, -0.2) is 34.3 Å². The van der Waals surface area contributed by atoms with E-state index in [0.29, 0.717) is 11.0 Å². The Labute approximate surface area is 107 Å². The Hall–Kier alpha value is -0.870. The summed E-state index contributed by atoms with van der Waals surface area (Å²) in [6.45, 7) is 4.87. The molecule has 0 amide bonds. The molecule has 1 aliphatic heterocycles. The summed E-state index contributed by atoms with van der Waals surface area (Å²) in [5, 5.41) is 9.94. The molecule has 1 atom stereocenters. The maximum absolute atomic E-state index is 9.43.